The molecule has 1 spiro atoms. The maximum absolute atomic E-state index is 13.8. The average Bonchev–Trinajstić information content (AvgIpc) is 3.11. The number of hydrogen-bond donors (Lipinski definition) is 1. The molecule has 0 unspecified atom stereocenters. The number of urea groups is 1. The zero-order valence-corrected chi connectivity index (χ0v) is 23.9. The van der Waals surface area contributed by atoms with Crippen LogP contribution in [0.1, 0.15) is 50.5 Å². The van der Waals surface area contributed by atoms with Gasteiger partial charge in [-0.3, -0.25) is 9.69 Å². The number of sulfone groups is 1. The van der Waals surface area contributed by atoms with Gasteiger partial charge in [0.15, 0.2) is 9.84 Å². The van der Waals surface area contributed by atoms with E-state index in [-0.39, 0.29) is 40.3 Å². The molecular formula is C29H39N5O4S. The number of amides is 3. The van der Waals surface area contributed by atoms with Crippen molar-refractivity contribution in [2.45, 2.75) is 60.9 Å². The summed E-state index contributed by atoms with van der Waals surface area (Å²) in [6.45, 7) is 1.17. The van der Waals surface area contributed by atoms with Gasteiger partial charge >= 0.3 is 6.03 Å². The van der Waals surface area contributed by atoms with Gasteiger partial charge in [0.25, 0.3) is 0 Å². The fourth-order valence-corrected chi connectivity index (χ4v) is 7.21. The van der Waals surface area contributed by atoms with Crippen LogP contribution in [0.4, 0.5) is 10.6 Å². The topological polar surface area (TPSA) is 103 Å². The summed E-state index contributed by atoms with van der Waals surface area (Å²) in [5.74, 6) is 0.300. The Morgan fingerprint density at radius 3 is 2.38 bits per heavy atom. The van der Waals surface area contributed by atoms with Gasteiger partial charge in [0.1, 0.15) is 12.4 Å². The van der Waals surface area contributed by atoms with Gasteiger partial charge in [0.05, 0.1) is 10.4 Å². The fraction of sp³-hybridized carbons (Fsp3) is 0.552. The average molecular weight is 554 g/mol. The van der Waals surface area contributed by atoms with Crippen molar-refractivity contribution in [1.29, 1.82) is 0 Å². The number of pyridine rings is 1. The molecule has 1 aromatic heterocycles. The molecule has 0 atom stereocenters. The lowest BCUT2D eigenvalue weighted by atomic mass is 9.68. The highest BCUT2D eigenvalue weighted by atomic mass is 32.2. The maximum atomic E-state index is 13.8. The molecule has 0 bridgehead atoms. The summed E-state index contributed by atoms with van der Waals surface area (Å²) in [4.78, 5) is 37.0. The Morgan fingerprint density at radius 2 is 1.79 bits per heavy atom. The minimum atomic E-state index is -3.43. The first kappa shape index (κ1) is 27.6. The Labute approximate surface area is 231 Å². The predicted molar refractivity (Wildman–Crippen MR) is 150 cm³/mol. The highest BCUT2D eigenvalue weighted by Crippen LogP contribution is 2.49. The SMILES string of the molecule is CN(C)C1(c2ccccc2)CCC2(CC1)CN(CC(=O)Nc1cc(S(C)(=O)=O)ccn1)C(=O)N2CC1CCC1. The van der Waals surface area contributed by atoms with E-state index in [2.05, 4.69) is 58.5 Å². The minimum Gasteiger partial charge on any atom is -0.317 e. The highest BCUT2D eigenvalue weighted by molar-refractivity contribution is 7.90. The standard InChI is InChI=1S/C29H39N5O4S/c1-32(2)29(23-10-5-4-6-11-23)15-13-28(14-16-29)21-33(27(36)34(28)19-22-8-7-9-22)20-26(35)31-25-18-24(12-17-30-25)39(3,37)38/h4-6,10-12,17-18,22H,7-9,13-16,19-21H2,1-3H3,(H,30,31,35). The molecule has 3 aliphatic rings. The third kappa shape index (κ3) is 5.41. The molecule has 210 valence electrons. The highest BCUT2D eigenvalue weighted by Gasteiger charge is 2.55. The first-order valence-corrected chi connectivity index (χ1v) is 15.7. The molecule has 10 heteroatoms. The first-order chi connectivity index (χ1) is 18.5. The van der Waals surface area contributed by atoms with Crippen LogP contribution in [0, 0.1) is 5.92 Å². The molecule has 1 N–H and O–H groups in total. The van der Waals surface area contributed by atoms with Crippen LogP contribution in [-0.2, 0) is 20.2 Å². The molecular weight excluding hydrogens is 514 g/mol. The van der Waals surface area contributed by atoms with Crippen molar-refractivity contribution in [1.82, 2.24) is 19.7 Å². The third-order valence-electron chi connectivity index (χ3n) is 9.16. The smallest absolute Gasteiger partial charge is 0.317 e. The second kappa shape index (κ2) is 10.5. The zero-order chi connectivity index (χ0) is 27.8. The molecule has 3 amide bonds. The van der Waals surface area contributed by atoms with Crippen LogP contribution in [0.25, 0.3) is 0 Å². The number of benzene rings is 1. The van der Waals surface area contributed by atoms with Crippen LogP contribution in [0.2, 0.25) is 0 Å². The van der Waals surface area contributed by atoms with E-state index in [9.17, 15) is 18.0 Å². The van der Waals surface area contributed by atoms with Gasteiger partial charge in [-0.2, -0.15) is 0 Å². The molecule has 39 heavy (non-hydrogen) atoms. The van der Waals surface area contributed by atoms with E-state index in [0.29, 0.717) is 12.5 Å². The van der Waals surface area contributed by atoms with Crippen molar-refractivity contribution in [2.75, 3.05) is 45.3 Å². The monoisotopic (exact) mass is 553 g/mol. The Morgan fingerprint density at radius 1 is 1.10 bits per heavy atom. The Bertz CT molecular complexity index is 1320. The van der Waals surface area contributed by atoms with Crippen molar-refractivity contribution in [3.05, 3.63) is 54.2 Å². The lowest BCUT2D eigenvalue weighted by Gasteiger charge is -2.51. The van der Waals surface area contributed by atoms with Gasteiger partial charge in [0.2, 0.25) is 5.91 Å². The number of rotatable bonds is 8. The quantitative estimate of drug-likeness (QED) is 0.535. The molecule has 2 saturated carbocycles. The summed E-state index contributed by atoms with van der Waals surface area (Å²) in [5, 5.41) is 2.69. The summed E-state index contributed by atoms with van der Waals surface area (Å²) < 4.78 is 23.8. The fourth-order valence-electron chi connectivity index (χ4n) is 6.58. The number of nitrogens with zero attached hydrogens (tertiary/aromatic N) is 4. The van der Waals surface area contributed by atoms with E-state index < -0.39 is 9.84 Å². The number of carbonyl (C=O) groups excluding carboxylic acids is 2. The minimum absolute atomic E-state index is 0.0769. The van der Waals surface area contributed by atoms with Crippen molar-refractivity contribution in [3.8, 4) is 0 Å². The van der Waals surface area contributed by atoms with E-state index in [1.54, 1.807) is 4.90 Å². The lowest BCUT2D eigenvalue weighted by molar-refractivity contribution is -0.116. The summed E-state index contributed by atoms with van der Waals surface area (Å²) in [7, 11) is 0.850. The van der Waals surface area contributed by atoms with Gasteiger partial charge in [-0.1, -0.05) is 36.8 Å². The van der Waals surface area contributed by atoms with Gasteiger partial charge in [0, 0.05) is 31.1 Å². The lowest BCUT2D eigenvalue weighted by Crippen LogP contribution is -2.56. The van der Waals surface area contributed by atoms with E-state index in [0.717, 1.165) is 51.3 Å². The first-order valence-electron chi connectivity index (χ1n) is 13.8. The van der Waals surface area contributed by atoms with Crippen LogP contribution in [-0.4, -0.2) is 85.6 Å². The second-order valence-electron chi connectivity index (χ2n) is 11.8. The second-order valence-corrected chi connectivity index (χ2v) is 13.8. The summed E-state index contributed by atoms with van der Waals surface area (Å²) in [6.07, 6.45) is 9.57. The van der Waals surface area contributed by atoms with E-state index in [4.69, 9.17) is 0 Å². The molecule has 2 heterocycles. The van der Waals surface area contributed by atoms with Crippen molar-refractivity contribution < 1.29 is 18.0 Å². The summed E-state index contributed by atoms with van der Waals surface area (Å²) in [5.41, 5.74) is 0.925. The summed E-state index contributed by atoms with van der Waals surface area (Å²) in [6, 6.07) is 13.3. The van der Waals surface area contributed by atoms with Gasteiger partial charge in [-0.15, -0.1) is 0 Å². The molecule has 5 rings (SSSR count). The van der Waals surface area contributed by atoms with Crippen LogP contribution < -0.4 is 5.32 Å². The van der Waals surface area contributed by atoms with E-state index in [1.807, 2.05) is 6.07 Å². The van der Waals surface area contributed by atoms with Crippen LogP contribution in [0.5, 0.6) is 0 Å². The Kier molecular flexibility index (Phi) is 7.45. The van der Waals surface area contributed by atoms with Crippen LogP contribution >= 0.6 is 0 Å². The Hall–Kier alpha value is -2.98. The van der Waals surface area contributed by atoms with Crippen molar-refractivity contribution in [2.24, 2.45) is 5.92 Å². The largest absolute Gasteiger partial charge is 0.321 e. The van der Waals surface area contributed by atoms with E-state index in [1.165, 1.54) is 30.3 Å². The van der Waals surface area contributed by atoms with Crippen LogP contribution in [0.3, 0.4) is 0 Å². The number of anilines is 1. The summed E-state index contributed by atoms with van der Waals surface area (Å²) >= 11 is 0. The Balaban J connectivity index is 1.33. The molecule has 1 saturated heterocycles. The zero-order valence-electron chi connectivity index (χ0n) is 23.1. The van der Waals surface area contributed by atoms with E-state index >= 15 is 0 Å². The number of aromatic nitrogens is 1. The van der Waals surface area contributed by atoms with Gasteiger partial charge < -0.3 is 15.1 Å². The van der Waals surface area contributed by atoms with Crippen LogP contribution in [0.15, 0.2) is 53.6 Å². The molecule has 2 aromatic rings. The van der Waals surface area contributed by atoms with Gasteiger partial charge in [-0.25, -0.2) is 18.2 Å². The molecule has 3 fully saturated rings. The molecule has 2 aliphatic carbocycles. The normalized spacial score (nSPS) is 25.8. The predicted octanol–water partition coefficient (Wildman–Crippen LogP) is 3.73. The number of hydrogen-bond acceptors (Lipinski definition) is 6. The maximum Gasteiger partial charge on any atom is 0.321 e. The molecule has 0 radical (unpaired) electrons. The number of nitrogens with one attached hydrogen (secondary N) is 1. The third-order valence-corrected chi connectivity index (χ3v) is 10.3. The number of carbonyl (C=O) groups is 2. The molecule has 1 aromatic carbocycles. The molecule has 1 aliphatic heterocycles. The van der Waals surface area contributed by atoms with Crippen molar-refractivity contribution >= 4 is 27.6 Å². The molecule has 9 nitrogen and oxygen atoms in total. The van der Waals surface area contributed by atoms with Gasteiger partial charge in [-0.05, 0) is 76.2 Å². The van der Waals surface area contributed by atoms with Crippen molar-refractivity contribution in [3.63, 3.8) is 0 Å².